The van der Waals surface area contributed by atoms with Crippen LogP contribution in [0.3, 0.4) is 0 Å². The Bertz CT molecular complexity index is 801. The number of aliphatic hydroxyl groups is 1. The Labute approximate surface area is 122 Å². The quantitative estimate of drug-likeness (QED) is 0.584. The predicted octanol–water partition coefficient (Wildman–Crippen LogP) is 2.77. The lowest BCUT2D eigenvalue weighted by atomic mass is 10.2. The first-order valence-corrected chi connectivity index (χ1v) is 6.78. The highest BCUT2D eigenvalue weighted by Gasteiger charge is 2.19. The summed E-state index contributed by atoms with van der Waals surface area (Å²) in [4.78, 5) is 12.0. The Morgan fingerprint density at radius 2 is 1.86 bits per heavy atom. The van der Waals surface area contributed by atoms with Crippen LogP contribution in [0.25, 0.3) is 11.0 Å². The summed E-state index contributed by atoms with van der Waals surface area (Å²) >= 11 is 1.39. The average molecular weight is 303 g/mol. The van der Waals surface area contributed by atoms with Crippen molar-refractivity contribution in [2.24, 2.45) is 0 Å². The highest BCUT2D eigenvalue weighted by molar-refractivity contribution is 7.99. The molecule has 0 spiro atoms. The molecule has 21 heavy (non-hydrogen) atoms. The van der Waals surface area contributed by atoms with Crippen LogP contribution in [0, 0.1) is 10.1 Å². The second kappa shape index (κ2) is 5.51. The standard InChI is InChI=1S/C13H9N3O4S/c17-7-8-1-3-9(4-2-8)21-11-6-5-10(16(18)19)12-13(11)15-20-14-12/h1-6,17H,7H2. The number of hydrogen-bond donors (Lipinski definition) is 1. The van der Waals surface area contributed by atoms with Crippen LogP contribution in [0.2, 0.25) is 0 Å². The summed E-state index contributed by atoms with van der Waals surface area (Å²) in [6.45, 7) is -0.0140. The number of rotatable bonds is 4. The Balaban J connectivity index is 1.99. The monoisotopic (exact) mass is 303 g/mol. The van der Waals surface area contributed by atoms with Gasteiger partial charge in [0, 0.05) is 15.9 Å². The fourth-order valence-electron chi connectivity index (χ4n) is 1.85. The Morgan fingerprint density at radius 3 is 2.52 bits per heavy atom. The molecule has 0 aliphatic heterocycles. The van der Waals surface area contributed by atoms with Gasteiger partial charge in [-0.2, -0.15) is 0 Å². The minimum atomic E-state index is -0.517. The van der Waals surface area contributed by atoms with Gasteiger partial charge in [0.25, 0.3) is 0 Å². The summed E-state index contributed by atoms with van der Waals surface area (Å²) in [5, 5.41) is 27.3. The molecule has 0 fully saturated rings. The SMILES string of the molecule is O=[N+]([O-])c1ccc(Sc2ccc(CO)cc2)c2nonc12. The minimum absolute atomic E-state index is 0.0140. The van der Waals surface area contributed by atoms with Crippen LogP contribution in [-0.4, -0.2) is 20.3 Å². The van der Waals surface area contributed by atoms with E-state index in [1.54, 1.807) is 6.07 Å². The van der Waals surface area contributed by atoms with E-state index in [9.17, 15) is 10.1 Å². The zero-order valence-electron chi connectivity index (χ0n) is 10.6. The number of non-ortho nitro benzene ring substituents is 1. The van der Waals surface area contributed by atoms with Crippen LogP contribution >= 0.6 is 11.8 Å². The van der Waals surface area contributed by atoms with Gasteiger partial charge in [0.05, 0.1) is 11.5 Å². The van der Waals surface area contributed by atoms with Crippen LogP contribution in [0.15, 0.2) is 50.8 Å². The Morgan fingerprint density at radius 1 is 1.14 bits per heavy atom. The molecular weight excluding hydrogens is 294 g/mol. The van der Waals surface area contributed by atoms with Crippen molar-refractivity contribution in [3.63, 3.8) is 0 Å². The fourth-order valence-corrected chi connectivity index (χ4v) is 2.74. The zero-order chi connectivity index (χ0) is 14.8. The molecule has 0 aliphatic rings. The second-order valence-corrected chi connectivity index (χ2v) is 5.32. The molecule has 8 heteroatoms. The molecule has 1 N–H and O–H groups in total. The minimum Gasteiger partial charge on any atom is -0.392 e. The van der Waals surface area contributed by atoms with Gasteiger partial charge in [-0.1, -0.05) is 23.9 Å². The van der Waals surface area contributed by atoms with Gasteiger partial charge < -0.3 is 5.11 Å². The summed E-state index contributed by atoms with van der Waals surface area (Å²) < 4.78 is 4.62. The molecule has 0 radical (unpaired) electrons. The van der Waals surface area contributed by atoms with Crippen LogP contribution in [-0.2, 0) is 6.61 Å². The van der Waals surface area contributed by atoms with E-state index < -0.39 is 4.92 Å². The maximum absolute atomic E-state index is 10.9. The molecule has 0 bridgehead atoms. The summed E-state index contributed by atoms with van der Waals surface area (Å²) in [6.07, 6.45) is 0. The lowest BCUT2D eigenvalue weighted by Crippen LogP contribution is -1.90. The van der Waals surface area contributed by atoms with Crippen molar-refractivity contribution in [1.29, 1.82) is 0 Å². The van der Waals surface area contributed by atoms with Gasteiger partial charge >= 0.3 is 5.69 Å². The van der Waals surface area contributed by atoms with Gasteiger partial charge in [-0.15, -0.1) is 0 Å². The van der Waals surface area contributed by atoms with Crippen molar-refractivity contribution in [2.75, 3.05) is 0 Å². The summed E-state index contributed by atoms with van der Waals surface area (Å²) in [5.74, 6) is 0. The highest BCUT2D eigenvalue weighted by Crippen LogP contribution is 2.35. The van der Waals surface area contributed by atoms with E-state index in [4.69, 9.17) is 5.11 Å². The molecule has 0 atom stereocenters. The maximum Gasteiger partial charge on any atom is 0.300 e. The molecule has 2 aromatic carbocycles. The molecule has 1 aromatic heterocycles. The largest absolute Gasteiger partial charge is 0.392 e. The molecule has 1 heterocycles. The van der Waals surface area contributed by atoms with E-state index in [-0.39, 0.29) is 17.8 Å². The molecule has 0 saturated heterocycles. The molecule has 0 saturated carbocycles. The first kappa shape index (κ1) is 13.5. The molecule has 3 rings (SSSR count). The van der Waals surface area contributed by atoms with E-state index in [0.717, 1.165) is 10.5 Å². The molecule has 106 valence electrons. The van der Waals surface area contributed by atoms with E-state index >= 15 is 0 Å². The number of nitro benzene ring substituents is 1. The lowest BCUT2D eigenvalue weighted by molar-refractivity contribution is -0.383. The first-order valence-electron chi connectivity index (χ1n) is 5.96. The lowest BCUT2D eigenvalue weighted by Gasteiger charge is -2.03. The summed E-state index contributed by atoms with van der Waals surface area (Å²) in [5.41, 5.74) is 1.18. The van der Waals surface area contributed by atoms with Crippen molar-refractivity contribution in [2.45, 2.75) is 16.4 Å². The van der Waals surface area contributed by atoms with Crippen LogP contribution in [0.1, 0.15) is 5.56 Å². The Kier molecular flexibility index (Phi) is 3.55. The zero-order valence-corrected chi connectivity index (χ0v) is 11.4. The van der Waals surface area contributed by atoms with Gasteiger partial charge in [-0.25, -0.2) is 4.63 Å². The number of benzene rings is 2. The topological polar surface area (TPSA) is 102 Å². The van der Waals surface area contributed by atoms with E-state index in [0.29, 0.717) is 10.4 Å². The van der Waals surface area contributed by atoms with Gasteiger partial charge in [0.2, 0.25) is 5.52 Å². The normalized spacial score (nSPS) is 10.9. The number of nitrogens with zero attached hydrogens (tertiary/aromatic N) is 3. The van der Waals surface area contributed by atoms with Crippen molar-refractivity contribution < 1.29 is 14.7 Å². The van der Waals surface area contributed by atoms with Gasteiger partial charge in [0.1, 0.15) is 0 Å². The first-order chi connectivity index (χ1) is 10.2. The number of hydrogen-bond acceptors (Lipinski definition) is 7. The number of fused-ring (bicyclic) bond motifs is 1. The predicted molar refractivity (Wildman–Crippen MR) is 74.9 cm³/mol. The third-order valence-electron chi connectivity index (χ3n) is 2.89. The maximum atomic E-state index is 10.9. The van der Waals surface area contributed by atoms with Gasteiger partial charge in [-0.3, -0.25) is 10.1 Å². The molecule has 0 aliphatic carbocycles. The van der Waals surface area contributed by atoms with Crippen molar-refractivity contribution >= 4 is 28.5 Å². The van der Waals surface area contributed by atoms with Gasteiger partial charge in [-0.05, 0) is 34.1 Å². The summed E-state index contributed by atoms with van der Waals surface area (Å²) in [6, 6.07) is 10.3. The van der Waals surface area contributed by atoms with Crippen LogP contribution in [0.5, 0.6) is 0 Å². The molecule has 0 unspecified atom stereocenters. The molecule has 0 amide bonds. The van der Waals surface area contributed by atoms with E-state index in [2.05, 4.69) is 14.9 Å². The number of aliphatic hydroxyl groups excluding tert-OH is 1. The molecule has 7 nitrogen and oxygen atoms in total. The smallest absolute Gasteiger partial charge is 0.300 e. The summed E-state index contributed by atoms with van der Waals surface area (Å²) in [7, 11) is 0. The van der Waals surface area contributed by atoms with E-state index in [1.165, 1.54) is 17.8 Å². The van der Waals surface area contributed by atoms with Crippen molar-refractivity contribution in [3.05, 3.63) is 52.1 Å². The third kappa shape index (κ3) is 2.58. The molecular formula is C13H9N3O4S. The van der Waals surface area contributed by atoms with Gasteiger partial charge in [0.15, 0.2) is 5.52 Å². The highest BCUT2D eigenvalue weighted by atomic mass is 32.2. The van der Waals surface area contributed by atoms with Crippen molar-refractivity contribution in [3.8, 4) is 0 Å². The fraction of sp³-hybridized carbons (Fsp3) is 0.0769. The third-order valence-corrected chi connectivity index (χ3v) is 3.94. The number of nitro groups is 1. The molecule has 3 aromatic rings. The van der Waals surface area contributed by atoms with E-state index in [1.807, 2.05) is 24.3 Å². The Hall–Kier alpha value is -2.45. The second-order valence-electron chi connectivity index (χ2n) is 4.21. The van der Waals surface area contributed by atoms with Crippen LogP contribution in [0.4, 0.5) is 5.69 Å². The van der Waals surface area contributed by atoms with Crippen molar-refractivity contribution in [1.82, 2.24) is 10.3 Å². The number of aromatic nitrogens is 2. The average Bonchev–Trinajstić information content (AvgIpc) is 2.98. The van der Waals surface area contributed by atoms with Crippen LogP contribution < -0.4 is 0 Å².